The highest BCUT2D eigenvalue weighted by molar-refractivity contribution is 5.92. The largest absolute Gasteiger partial charge is 0.356 e. The number of nitrogens with zero attached hydrogens (tertiary/aromatic N) is 5. The predicted molar refractivity (Wildman–Crippen MR) is 121 cm³/mol. The molecule has 2 N–H and O–H groups in total. The third-order valence-corrected chi connectivity index (χ3v) is 7.77. The van der Waals surface area contributed by atoms with Crippen molar-refractivity contribution < 1.29 is 4.79 Å². The van der Waals surface area contributed by atoms with Gasteiger partial charge in [-0.1, -0.05) is 13.0 Å². The first-order valence-corrected chi connectivity index (χ1v) is 11.6. The molecule has 0 bridgehead atoms. The SMILES string of the molecule is Cc1nc(N2C[C@@H]3C(C)[C@@H]3C2)ccc1Cn1cnc(C(=O)NC2CCc3c2n[nH]c3C)c1. The van der Waals surface area contributed by atoms with Crippen LogP contribution in [0, 0.1) is 31.6 Å². The number of hydrogen-bond donors (Lipinski definition) is 2. The van der Waals surface area contributed by atoms with E-state index in [0.717, 1.165) is 72.1 Å². The summed E-state index contributed by atoms with van der Waals surface area (Å²) in [5.74, 6) is 3.54. The lowest BCUT2D eigenvalue weighted by atomic mass is 10.2. The molecule has 2 fully saturated rings. The van der Waals surface area contributed by atoms with Crippen molar-refractivity contribution in [1.29, 1.82) is 0 Å². The van der Waals surface area contributed by atoms with Gasteiger partial charge in [-0.05, 0) is 61.6 Å². The van der Waals surface area contributed by atoms with Crippen molar-refractivity contribution in [2.75, 3.05) is 18.0 Å². The van der Waals surface area contributed by atoms with E-state index in [-0.39, 0.29) is 11.9 Å². The Balaban J connectivity index is 1.10. The molecule has 4 atom stereocenters. The fourth-order valence-electron chi connectivity index (χ4n) is 5.56. The van der Waals surface area contributed by atoms with Crippen LogP contribution in [0.15, 0.2) is 24.7 Å². The second-order valence-corrected chi connectivity index (χ2v) is 9.71. The molecule has 1 aliphatic heterocycles. The number of carbonyl (C=O) groups is 1. The van der Waals surface area contributed by atoms with Crippen molar-refractivity contribution in [1.82, 2.24) is 30.0 Å². The number of carbonyl (C=O) groups excluding carboxylic acids is 1. The van der Waals surface area contributed by atoms with Crippen LogP contribution in [0.1, 0.15) is 58.1 Å². The Morgan fingerprint density at radius 3 is 2.84 bits per heavy atom. The minimum atomic E-state index is -0.158. The van der Waals surface area contributed by atoms with E-state index in [4.69, 9.17) is 4.98 Å². The van der Waals surface area contributed by atoms with Crippen molar-refractivity contribution >= 4 is 11.7 Å². The van der Waals surface area contributed by atoms with Crippen LogP contribution in [0.2, 0.25) is 0 Å². The molecule has 3 aromatic rings. The standard InChI is InChI=1S/C24H29N7O/c1-13-18-9-31(10-19(13)18)22-7-4-16(14(2)26-22)8-30-11-21(25-12-30)24(32)27-20-6-5-17-15(3)28-29-23(17)20/h4,7,11-13,18-20H,5-6,8-10H2,1-3H3,(H,27,32)(H,28,29)/t13?,18-,19+,20?. The highest BCUT2D eigenvalue weighted by Gasteiger charge is 2.52. The lowest BCUT2D eigenvalue weighted by molar-refractivity contribution is 0.0931. The quantitative estimate of drug-likeness (QED) is 0.648. The molecule has 3 aliphatic rings. The summed E-state index contributed by atoms with van der Waals surface area (Å²) in [5.41, 5.74) is 5.88. The van der Waals surface area contributed by atoms with Crippen LogP contribution >= 0.6 is 0 Å². The number of aryl methyl sites for hydroxylation is 2. The minimum absolute atomic E-state index is 0.0498. The summed E-state index contributed by atoms with van der Waals surface area (Å²) in [5, 5.41) is 10.5. The lowest BCUT2D eigenvalue weighted by Crippen LogP contribution is -2.27. The third-order valence-electron chi connectivity index (χ3n) is 7.77. The summed E-state index contributed by atoms with van der Waals surface area (Å²) in [7, 11) is 0. The topological polar surface area (TPSA) is 91.7 Å². The van der Waals surface area contributed by atoms with Gasteiger partial charge >= 0.3 is 0 Å². The summed E-state index contributed by atoms with van der Waals surface area (Å²) in [6.45, 7) is 9.36. The van der Waals surface area contributed by atoms with Crippen molar-refractivity contribution in [3.8, 4) is 0 Å². The molecular formula is C24H29N7O. The predicted octanol–water partition coefficient (Wildman–Crippen LogP) is 2.79. The van der Waals surface area contributed by atoms with E-state index in [0.29, 0.717) is 12.2 Å². The fraction of sp³-hybridized carbons (Fsp3) is 0.500. The Kier molecular flexibility index (Phi) is 4.38. The number of imidazole rings is 1. The average Bonchev–Trinajstić information content (AvgIpc) is 3.36. The Labute approximate surface area is 187 Å². The maximum atomic E-state index is 12.8. The van der Waals surface area contributed by atoms with E-state index in [1.807, 2.05) is 17.7 Å². The van der Waals surface area contributed by atoms with Crippen LogP contribution in [-0.4, -0.2) is 43.7 Å². The third kappa shape index (κ3) is 3.20. The summed E-state index contributed by atoms with van der Waals surface area (Å²) >= 11 is 0. The molecule has 2 unspecified atom stereocenters. The molecule has 0 spiro atoms. The number of nitrogens with one attached hydrogen (secondary N) is 2. The van der Waals surface area contributed by atoms with E-state index in [9.17, 15) is 4.79 Å². The molecule has 32 heavy (non-hydrogen) atoms. The number of H-pyrrole nitrogens is 1. The first-order chi connectivity index (χ1) is 15.5. The van der Waals surface area contributed by atoms with Gasteiger partial charge in [-0.2, -0.15) is 5.10 Å². The van der Waals surface area contributed by atoms with Crippen LogP contribution in [0.3, 0.4) is 0 Å². The Hall–Kier alpha value is -3.16. The van der Waals surface area contributed by atoms with Gasteiger partial charge in [-0.3, -0.25) is 9.89 Å². The Morgan fingerprint density at radius 1 is 1.25 bits per heavy atom. The molecule has 1 saturated heterocycles. The number of amides is 1. The molecule has 0 aromatic carbocycles. The van der Waals surface area contributed by atoms with Crippen LogP contribution in [0.5, 0.6) is 0 Å². The maximum Gasteiger partial charge on any atom is 0.272 e. The van der Waals surface area contributed by atoms with E-state index in [2.05, 4.69) is 51.4 Å². The number of aromatic nitrogens is 5. The van der Waals surface area contributed by atoms with E-state index >= 15 is 0 Å². The van der Waals surface area contributed by atoms with Gasteiger partial charge in [-0.25, -0.2) is 9.97 Å². The molecule has 166 valence electrons. The normalized spacial score (nSPS) is 25.7. The first kappa shape index (κ1) is 19.5. The van der Waals surface area contributed by atoms with E-state index in [1.54, 1.807) is 6.33 Å². The molecule has 6 rings (SSSR count). The van der Waals surface area contributed by atoms with Crippen LogP contribution < -0.4 is 10.2 Å². The molecule has 4 heterocycles. The number of piperidine rings is 1. The molecule has 2 aliphatic carbocycles. The van der Waals surface area contributed by atoms with Gasteiger partial charge in [0.25, 0.3) is 5.91 Å². The summed E-state index contributed by atoms with van der Waals surface area (Å²) in [4.78, 5) is 24.4. The summed E-state index contributed by atoms with van der Waals surface area (Å²) < 4.78 is 1.95. The smallest absolute Gasteiger partial charge is 0.272 e. The van der Waals surface area contributed by atoms with Crippen molar-refractivity contribution in [3.63, 3.8) is 0 Å². The molecule has 1 saturated carbocycles. The molecule has 0 radical (unpaired) electrons. The van der Waals surface area contributed by atoms with E-state index < -0.39 is 0 Å². The number of pyridine rings is 1. The number of anilines is 1. The van der Waals surface area contributed by atoms with Crippen LogP contribution in [0.4, 0.5) is 5.82 Å². The Morgan fingerprint density at radius 2 is 2.06 bits per heavy atom. The van der Waals surface area contributed by atoms with E-state index in [1.165, 1.54) is 5.56 Å². The molecule has 8 nitrogen and oxygen atoms in total. The van der Waals surface area contributed by atoms with Gasteiger partial charge in [0.1, 0.15) is 11.5 Å². The van der Waals surface area contributed by atoms with Gasteiger partial charge < -0.3 is 14.8 Å². The Bertz CT molecular complexity index is 1180. The van der Waals surface area contributed by atoms with Crippen LogP contribution in [-0.2, 0) is 13.0 Å². The first-order valence-electron chi connectivity index (χ1n) is 11.6. The van der Waals surface area contributed by atoms with Gasteiger partial charge in [-0.15, -0.1) is 0 Å². The molecule has 8 heteroatoms. The van der Waals surface area contributed by atoms with Crippen molar-refractivity contribution in [2.24, 2.45) is 17.8 Å². The zero-order valence-electron chi connectivity index (χ0n) is 18.8. The molecule has 1 amide bonds. The van der Waals surface area contributed by atoms with Gasteiger partial charge in [0, 0.05) is 30.7 Å². The monoisotopic (exact) mass is 431 g/mol. The summed E-state index contributed by atoms with van der Waals surface area (Å²) in [6.07, 6.45) is 5.35. The fourth-order valence-corrected chi connectivity index (χ4v) is 5.56. The van der Waals surface area contributed by atoms with Crippen molar-refractivity contribution in [3.05, 3.63) is 58.6 Å². The average molecular weight is 432 g/mol. The van der Waals surface area contributed by atoms with Crippen molar-refractivity contribution in [2.45, 2.75) is 46.2 Å². The highest BCUT2D eigenvalue weighted by atomic mass is 16.2. The minimum Gasteiger partial charge on any atom is -0.356 e. The van der Waals surface area contributed by atoms with Crippen LogP contribution in [0.25, 0.3) is 0 Å². The number of fused-ring (bicyclic) bond motifs is 2. The zero-order valence-corrected chi connectivity index (χ0v) is 18.8. The number of rotatable bonds is 5. The van der Waals surface area contributed by atoms with Gasteiger partial charge in [0.15, 0.2) is 0 Å². The second-order valence-electron chi connectivity index (χ2n) is 9.71. The maximum absolute atomic E-state index is 12.8. The molecular weight excluding hydrogens is 402 g/mol. The van der Waals surface area contributed by atoms with Gasteiger partial charge in [0.05, 0.1) is 24.6 Å². The lowest BCUT2D eigenvalue weighted by Gasteiger charge is -2.21. The summed E-state index contributed by atoms with van der Waals surface area (Å²) in [6, 6.07) is 4.24. The second kappa shape index (κ2) is 7.18. The number of hydrogen-bond acceptors (Lipinski definition) is 5. The zero-order chi connectivity index (χ0) is 22.0. The molecule has 3 aromatic heterocycles. The number of aromatic amines is 1. The van der Waals surface area contributed by atoms with Gasteiger partial charge in [0.2, 0.25) is 0 Å². The highest BCUT2D eigenvalue weighted by Crippen LogP contribution is 2.51.